The van der Waals surface area contributed by atoms with Crippen LogP contribution in [-0.2, 0) is 6.61 Å². The van der Waals surface area contributed by atoms with Gasteiger partial charge < -0.3 is 9.47 Å². The molecular weight excluding hydrogens is 446 g/mol. The van der Waals surface area contributed by atoms with Crippen molar-refractivity contribution in [2.24, 2.45) is 5.10 Å². The summed E-state index contributed by atoms with van der Waals surface area (Å²) in [5.74, 6) is 0.554. The van der Waals surface area contributed by atoms with Gasteiger partial charge in [0.05, 0.1) is 17.7 Å². The molecule has 0 atom stereocenters. The number of amides is 1. The Morgan fingerprint density at radius 2 is 1.85 bits per heavy atom. The van der Waals surface area contributed by atoms with E-state index in [0.717, 1.165) is 5.56 Å². The summed E-state index contributed by atoms with van der Waals surface area (Å²) in [5, 5.41) is 15.7. The summed E-state index contributed by atoms with van der Waals surface area (Å²) in [6.45, 7) is 4.27. The molecule has 0 saturated carbocycles. The molecule has 0 radical (unpaired) electrons. The highest BCUT2D eigenvalue weighted by Gasteiger charge is 2.14. The lowest BCUT2D eigenvalue weighted by Gasteiger charge is -2.12. The van der Waals surface area contributed by atoms with Gasteiger partial charge in [-0.3, -0.25) is 14.9 Å². The van der Waals surface area contributed by atoms with Crippen molar-refractivity contribution in [3.8, 4) is 11.5 Å². The average Bonchev–Trinajstić information content (AvgIpc) is 2.80. The molecule has 3 aromatic carbocycles. The van der Waals surface area contributed by atoms with Crippen LogP contribution < -0.4 is 14.9 Å². The van der Waals surface area contributed by atoms with Crippen LogP contribution in [0.4, 0.5) is 5.69 Å². The summed E-state index contributed by atoms with van der Waals surface area (Å²) in [5.41, 5.74) is 4.51. The molecular formula is C24H22ClN3O5. The average molecular weight is 468 g/mol. The number of nitrogens with zero attached hydrogens (tertiary/aromatic N) is 2. The zero-order chi connectivity index (χ0) is 23.8. The molecule has 1 amide bonds. The van der Waals surface area contributed by atoms with Crippen molar-refractivity contribution in [1.29, 1.82) is 0 Å². The number of rotatable bonds is 9. The number of nitrogens with one attached hydrogen (secondary N) is 1. The molecule has 0 aromatic heterocycles. The summed E-state index contributed by atoms with van der Waals surface area (Å²) in [7, 11) is 0. The standard InChI is InChI=1S/C24H22ClN3O5/c1-3-32-23-12-18(7-11-22(23)33-15-17-5-9-20(25)10-6-17)14-26-27-24(29)19-8-4-16(2)21(13-19)28(30)31/h4-14H,3,15H2,1-2H3,(H,27,29)/b26-14-. The molecule has 33 heavy (non-hydrogen) atoms. The highest BCUT2D eigenvalue weighted by molar-refractivity contribution is 6.30. The van der Waals surface area contributed by atoms with Gasteiger partial charge in [0.2, 0.25) is 0 Å². The fraction of sp³-hybridized carbons (Fsp3) is 0.167. The molecule has 0 saturated heterocycles. The molecule has 1 N–H and O–H groups in total. The second-order valence-electron chi connectivity index (χ2n) is 7.01. The molecule has 0 unspecified atom stereocenters. The number of hydrazone groups is 1. The number of ether oxygens (including phenoxy) is 2. The molecule has 0 spiro atoms. The second kappa shape index (κ2) is 11.1. The van der Waals surface area contributed by atoms with E-state index in [-0.39, 0.29) is 11.3 Å². The first-order chi connectivity index (χ1) is 15.9. The van der Waals surface area contributed by atoms with Crippen LogP contribution in [0.25, 0.3) is 0 Å². The Morgan fingerprint density at radius 3 is 2.55 bits per heavy atom. The first kappa shape index (κ1) is 23.7. The predicted molar refractivity (Wildman–Crippen MR) is 126 cm³/mol. The second-order valence-corrected chi connectivity index (χ2v) is 7.45. The molecule has 0 heterocycles. The fourth-order valence-corrected chi connectivity index (χ4v) is 3.04. The normalized spacial score (nSPS) is 10.8. The first-order valence-corrected chi connectivity index (χ1v) is 10.5. The van der Waals surface area contributed by atoms with Crippen molar-refractivity contribution in [1.82, 2.24) is 5.43 Å². The van der Waals surface area contributed by atoms with Crippen LogP contribution in [0.15, 0.2) is 65.8 Å². The highest BCUT2D eigenvalue weighted by Crippen LogP contribution is 2.29. The van der Waals surface area contributed by atoms with Gasteiger partial charge in [0.1, 0.15) is 6.61 Å². The number of carbonyl (C=O) groups excluding carboxylic acids is 1. The lowest BCUT2D eigenvalue weighted by Crippen LogP contribution is -2.17. The third kappa shape index (κ3) is 6.54. The Bertz CT molecular complexity index is 1180. The van der Waals surface area contributed by atoms with Crippen LogP contribution in [0.1, 0.15) is 34.0 Å². The molecule has 0 aliphatic heterocycles. The summed E-state index contributed by atoms with van der Waals surface area (Å²) in [6, 6.07) is 16.9. The van der Waals surface area contributed by atoms with Gasteiger partial charge in [0, 0.05) is 22.2 Å². The third-order valence-electron chi connectivity index (χ3n) is 4.62. The van der Waals surface area contributed by atoms with Gasteiger partial charge in [0.15, 0.2) is 11.5 Å². The number of nitro benzene ring substituents is 1. The topological polar surface area (TPSA) is 103 Å². The van der Waals surface area contributed by atoms with Crippen LogP contribution in [0, 0.1) is 17.0 Å². The van der Waals surface area contributed by atoms with Crippen LogP contribution in [0.3, 0.4) is 0 Å². The van der Waals surface area contributed by atoms with Crippen molar-refractivity contribution < 1.29 is 19.2 Å². The maximum atomic E-state index is 12.3. The van der Waals surface area contributed by atoms with Gasteiger partial charge in [-0.25, -0.2) is 5.43 Å². The summed E-state index contributed by atoms with van der Waals surface area (Å²) in [4.78, 5) is 22.8. The van der Waals surface area contributed by atoms with Crippen molar-refractivity contribution >= 4 is 29.4 Å². The van der Waals surface area contributed by atoms with Gasteiger partial charge in [-0.1, -0.05) is 29.8 Å². The zero-order valence-corrected chi connectivity index (χ0v) is 18.8. The third-order valence-corrected chi connectivity index (χ3v) is 4.87. The summed E-state index contributed by atoms with van der Waals surface area (Å²) in [6.07, 6.45) is 1.45. The number of hydrogen-bond donors (Lipinski definition) is 1. The van der Waals surface area contributed by atoms with E-state index >= 15 is 0 Å². The van der Waals surface area contributed by atoms with E-state index in [9.17, 15) is 14.9 Å². The number of carbonyl (C=O) groups is 1. The monoisotopic (exact) mass is 467 g/mol. The van der Waals surface area contributed by atoms with E-state index in [1.165, 1.54) is 24.4 Å². The maximum Gasteiger partial charge on any atom is 0.273 e. The van der Waals surface area contributed by atoms with E-state index in [0.29, 0.717) is 40.9 Å². The summed E-state index contributed by atoms with van der Waals surface area (Å²) < 4.78 is 11.5. The molecule has 3 rings (SSSR count). The largest absolute Gasteiger partial charge is 0.490 e. The van der Waals surface area contributed by atoms with E-state index in [2.05, 4.69) is 10.5 Å². The minimum Gasteiger partial charge on any atom is -0.490 e. The number of nitro groups is 1. The molecule has 0 aliphatic carbocycles. The molecule has 9 heteroatoms. The van der Waals surface area contributed by atoms with Crippen LogP contribution in [0.5, 0.6) is 11.5 Å². The van der Waals surface area contributed by atoms with Crippen molar-refractivity contribution in [3.05, 3.63) is 98.1 Å². The van der Waals surface area contributed by atoms with Crippen LogP contribution in [0.2, 0.25) is 5.02 Å². The molecule has 170 valence electrons. The minimum atomic E-state index is -0.553. The molecule has 8 nitrogen and oxygen atoms in total. The van der Waals surface area contributed by atoms with Gasteiger partial charge >= 0.3 is 0 Å². The van der Waals surface area contributed by atoms with Gasteiger partial charge in [-0.05, 0) is 61.4 Å². The fourth-order valence-electron chi connectivity index (χ4n) is 2.91. The molecule has 3 aromatic rings. The van der Waals surface area contributed by atoms with Gasteiger partial charge in [-0.15, -0.1) is 0 Å². The lowest BCUT2D eigenvalue weighted by atomic mass is 10.1. The SMILES string of the molecule is CCOc1cc(/C=N\NC(=O)c2ccc(C)c([N+](=O)[O-])c2)ccc1OCc1ccc(Cl)cc1. The van der Waals surface area contributed by atoms with E-state index in [4.69, 9.17) is 21.1 Å². The number of benzene rings is 3. The number of aryl methyl sites for hydroxylation is 1. The van der Waals surface area contributed by atoms with Gasteiger partial charge in [-0.2, -0.15) is 5.10 Å². The van der Waals surface area contributed by atoms with Crippen LogP contribution in [-0.4, -0.2) is 23.7 Å². The Labute approximate surface area is 195 Å². The Hall–Kier alpha value is -3.91. The number of halogens is 1. The molecule has 0 aliphatic rings. The Morgan fingerprint density at radius 1 is 1.09 bits per heavy atom. The Kier molecular flexibility index (Phi) is 7.99. The highest BCUT2D eigenvalue weighted by atomic mass is 35.5. The van der Waals surface area contributed by atoms with E-state index < -0.39 is 10.8 Å². The maximum absolute atomic E-state index is 12.3. The minimum absolute atomic E-state index is 0.123. The summed E-state index contributed by atoms with van der Waals surface area (Å²) >= 11 is 5.91. The van der Waals surface area contributed by atoms with E-state index in [1.54, 1.807) is 37.3 Å². The van der Waals surface area contributed by atoms with Crippen molar-refractivity contribution in [2.75, 3.05) is 6.61 Å². The Balaban J connectivity index is 1.67. The zero-order valence-electron chi connectivity index (χ0n) is 18.1. The molecule has 0 bridgehead atoms. The van der Waals surface area contributed by atoms with E-state index in [1.807, 2.05) is 19.1 Å². The quantitative estimate of drug-likeness (QED) is 0.261. The van der Waals surface area contributed by atoms with Gasteiger partial charge in [0.25, 0.3) is 11.6 Å². The van der Waals surface area contributed by atoms with Crippen molar-refractivity contribution in [3.63, 3.8) is 0 Å². The smallest absolute Gasteiger partial charge is 0.273 e. The van der Waals surface area contributed by atoms with Crippen molar-refractivity contribution in [2.45, 2.75) is 20.5 Å². The molecule has 0 fully saturated rings. The number of hydrogen-bond acceptors (Lipinski definition) is 6. The first-order valence-electron chi connectivity index (χ1n) is 10.1. The van der Waals surface area contributed by atoms with Crippen LogP contribution >= 0.6 is 11.6 Å². The predicted octanol–water partition coefficient (Wildman–Crippen LogP) is 5.30. The lowest BCUT2D eigenvalue weighted by molar-refractivity contribution is -0.385.